The van der Waals surface area contributed by atoms with Crippen LogP contribution in [0.25, 0.3) is 0 Å². The van der Waals surface area contributed by atoms with Gasteiger partial charge in [0, 0.05) is 12.7 Å². The largest absolute Gasteiger partial charge is 0.306 e. The number of aromatic amines is 1. The maximum atomic E-state index is 3.90. The van der Waals surface area contributed by atoms with E-state index in [1.807, 2.05) is 12.4 Å². The zero-order valence-corrected chi connectivity index (χ0v) is 7.88. The van der Waals surface area contributed by atoms with Gasteiger partial charge in [-0.15, -0.1) is 0 Å². The minimum Gasteiger partial charge on any atom is -0.306 e. The second-order valence-corrected chi connectivity index (χ2v) is 3.16. The van der Waals surface area contributed by atoms with E-state index in [0.29, 0.717) is 0 Å². The standard InChI is InChI=1S/C9H17N3/c1-3-5-12(2)6-4-9-7-10-11-8-9/h7-8H,3-6H2,1-2H3,(H,10,11). The second-order valence-electron chi connectivity index (χ2n) is 3.16. The molecule has 0 bridgehead atoms. The maximum Gasteiger partial charge on any atom is 0.0519 e. The number of nitrogens with one attached hydrogen (secondary N) is 1. The van der Waals surface area contributed by atoms with Crippen LogP contribution in [0.15, 0.2) is 12.4 Å². The summed E-state index contributed by atoms with van der Waals surface area (Å²) in [6.45, 7) is 4.50. The molecule has 0 spiro atoms. The van der Waals surface area contributed by atoms with E-state index in [4.69, 9.17) is 0 Å². The van der Waals surface area contributed by atoms with Crippen molar-refractivity contribution in [3.8, 4) is 0 Å². The van der Waals surface area contributed by atoms with Crippen LogP contribution in [-0.2, 0) is 6.42 Å². The normalized spacial score (nSPS) is 10.9. The number of H-pyrrole nitrogens is 1. The van der Waals surface area contributed by atoms with E-state index in [1.54, 1.807) is 0 Å². The molecule has 0 saturated heterocycles. The molecule has 0 atom stereocenters. The fourth-order valence-corrected chi connectivity index (χ4v) is 1.23. The molecule has 0 aromatic carbocycles. The number of nitrogens with zero attached hydrogens (tertiary/aromatic N) is 2. The summed E-state index contributed by atoms with van der Waals surface area (Å²) in [5.74, 6) is 0. The van der Waals surface area contributed by atoms with Gasteiger partial charge >= 0.3 is 0 Å². The second kappa shape index (κ2) is 4.93. The molecule has 1 aromatic rings. The summed E-state index contributed by atoms with van der Waals surface area (Å²) >= 11 is 0. The van der Waals surface area contributed by atoms with Crippen molar-refractivity contribution in [1.29, 1.82) is 0 Å². The summed E-state index contributed by atoms with van der Waals surface area (Å²) in [7, 11) is 2.16. The molecule has 0 saturated carbocycles. The summed E-state index contributed by atoms with van der Waals surface area (Å²) in [4.78, 5) is 2.34. The molecule has 0 aliphatic rings. The van der Waals surface area contributed by atoms with Crippen molar-refractivity contribution in [3.05, 3.63) is 18.0 Å². The highest BCUT2D eigenvalue weighted by atomic mass is 15.1. The first kappa shape index (κ1) is 9.26. The van der Waals surface area contributed by atoms with Crippen LogP contribution in [-0.4, -0.2) is 35.2 Å². The van der Waals surface area contributed by atoms with Crippen LogP contribution < -0.4 is 0 Å². The number of rotatable bonds is 5. The lowest BCUT2D eigenvalue weighted by Crippen LogP contribution is -2.21. The van der Waals surface area contributed by atoms with Crippen molar-refractivity contribution in [3.63, 3.8) is 0 Å². The van der Waals surface area contributed by atoms with Gasteiger partial charge in [-0.1, -0.05) is 6.92 Å². The Hall–Kier alpha value is -0.830. The topological polar surface area (TPSA) is 31.9 Å². The average Bonchev–Trinajstić information content (AvgIpc) is 2.53. The Kier molecular flexibility index (Phi) is 3.80. The molecule has 0 amide bonds. The summed E-state index contributed by atoms with van der Waals surface area (Å²) in [6, 6.07) is 0. The van der Waals surface area contributed by atoms with Gasteiger partial charge in [0.25, 0.3) is 0 Å². The Morgan fingerprint density at radius 1 is 1.50 bits per heavy atom. The zero-order valence-electron chi connectivity index (χ0n) is 7.88. The van der Waals surface area contributed by atoms with Gasteiger partial charge in [-0.25, -0.2) is 0 Å². The van der Waals surface area contributed by atoms with Crippen molar-refractivity contribution in [2.75, 3.05) is 20.1 Å². The number of likely N-dealkylation sites (N-methyl/N-ethyl adjacent to an activating group) is 1. The van der Waals surface area contributed by atoms with Crippen LogP contribution in [0.3, 0.4) is 0 Å². The SMILES string of the molecule is CCCN(C)CCc1cn[nH]c1. The predicted octanol–water partition coefficient (Wildman–Crippen LogP) is 1.29. The Labute approximate surface area is 73.8 Å². The van der Waals surface area contributed by atoms with Gasteiger partial charge in [0.15, 0.2) is 0 Å². The minimum absolute atomic E-state index is 1.09. The van der Waals surface area contributed by atoms with E-state index in [-0.39, 0.29) is 0 Å². The molecule has 0 unspecified atom stereocenters. The minimum atomic E-state index is 1.09. The van der Waals surface area contributed by atoms with Crippen molar-refractivity contribution in [2.24, 2.45) is 0 Å². The lowest BCUT2D eigenvalue weighted by molar-refractivity contribution is 0.339. The van der Waals surface area contributed by atoms with Crippen molar-refractivity contribution < 1.29 is 0 Å². The molecule has 1 aromatic heterocycles. The van der Waals surface area contributed by atoms with Crippen LogP contribution in [0.5, 0.6) is 0 Å². The van der Waals surface area contributed by atoms with Crippen molar-refractivity contribution in [1.82, 2.24) is 15.1 Å². The van der Waals surface area contributed by atoms with Gasteiger partial charge in [0.1, 0.15) is 0 Å². The highest BCUT2D eigenvalue weighted by Crippen LogP contribution is 1.97. The smallest absolute Gasteiger partial charge is 0.0519 e. The quantitative estimate of drug-likeness (QED) is 0.716. The molecule has 0 fully saturated rings. The van der Waals surface area contributed by atoms with E-state index in [0.717, 1.165) is 13.0 Å². The lowest BCUT2D eigenvalue weighted by atomic mass is 10.2. The number of hydrogen-bond acceptors (Lipinski definition) is 2. The van der Waals surface area contributed by atoms with Crippen LogP contribution in [0.4, 0.5) is 0 Å². The fourth-order valence-electron chi connectivity index (χ4n) is 1.23. The van der Waals surface area contributed by atoms with Gasteiger partial charge in [0.05, 0.1) is 6.20 Å². The van der Waals surface area contributed by atoms with E-state index in [1.165, 1.54) is 18.5 Å². The Bertz CT molecular complexity index is 194. The van der Waals surface area contributed by atoms with Crippen LogP contribution >= 0.6 is 0 Å². The molecule has 68 valence electrons. The molecular weight excluding hydrogens is 150 g/mol. The molecule has 12 heavy (non-hydrogen) atoms. The molecule has 1 heterocycles. The number of aromatic nitrogens is 2. The van der Waals surface area contributed by atoms with E-state index in [2.05, 4.69) is 29.1 Å². The molecule has 0 radical (unpaired) electrons. The lowest BCUT2D eigenvalue weighted by Gasteiger charge is -2.13. The maximum absolute atomic E-state index is 3.90. The Morgan fingerprint density at radius 3 is 2.92 bits per heavy atom. The Morgan fingerprint density at radius 2 is 2.33 bits per heavy atom. The van der Waals surface area contributed by atoms with E-state index in [9.17, 15) is 0 Å². The fraction of sp³-hybridized carbons (Fsp3) is 0.667. The third-order valence-electron chi connectivity index (χ3n) is 1.94. The third-order valence-corrected chi connectivity index (χ3v) is 1.94. The van der Waals surface area contributed by atoms with E-state index < -0.39 is 0 Å². The first-order valence-corrected chi connectivity index (χ1v) is 4.49. The molecule has 1 N–H and O–H groups in total. The first-order valence-electron chi connectivity index (χ1n) is 4.49. The van der Waals surface area contributed by atoms with Crippen molar-refractivity contribution >= 4 is 0 Å². The molecule has 0 aliphatic carbocycles. The monoisotopic (exact) mass is 167 g/mol. The Balaban J connectivity index is 2.17. The predicted molar refractivity (Wildman–Crippen MR) is 50.1 cm³/mol. The van der Waals surface area contributed by atoms with Crippen LogP contribution in [0.1, 0.15) is 18.9 Å². The summed E-state index contributed by atoms with van der Waals surface area (Å²) in [5.41, 5.74) is 1.29. The number of hydrogen-bond donors (Lipinski definition) is 1. The average molecular weight is 167 g/mol. The van der Waals surface area contributed by atoms with Crippen LogP contribution in [0.2, 0.25) is 0 Å². The third kappa shape index (κ3) is 3.05. The van der Waals surface area contributed by atoms with Gasteiger partial charge in [-0.2, -0.15) is 5.10 Å². The van der Waals surface area contributed by atoms with Gasteiger partial charge in [-0.3, -0.25) is 5.10 Å². The highest BCUT2D eigenvalue weighted by Gasteiger charge is 1.97. The zero-order chi connectivity index (χ0) is 8.81. The molecule has 3 nitrogen and oxygen atoms in total. The molecule has 0 aliphatic heterocycles. The first-order chi connectivity index (χ1) is 5.83. The van der Waals surface area contributed by atoms with Gasteiger partial charge in [-0.05, 0) is 32.0 Å². The highest BCUT2D eigenvalue weighted by molar-refractivity contribution is 5.02. The van der Waals surface area contributed by atoms with Gasteiger partial charge in [0.2, 0.25) is 0 Å². The molecular formula is C9H17N3. The van der Waals surface area contributed by atoms with Gasteiger partial charge < -0.3 is 4.90 Å². The van der Waals surface area contributed by atoms with Crippen LogP contribution in [0, 0.1) is 0 Å². The summed E-state index contributed by atoms with van der Waals surface area (Å²) in [5, 5.41) is 6.72. The van der Waals surface area contributed by atoms with Crippen molar-refractivity contribution in [2.45, 2.75) is 19.8 Å². The van der Waals surface area contributed by atoms with E-state index >= 15 is 0 Å². The summed E-state index contributed by atoms with van der Waals surface area (Å²) < 4.78 is 0. The summed E-state index contributed by atoms with van der Waals surface area (Å²) in [6.07, 6.45) is 6.16. The molecule has 3 heteroatoms. The molecule has 1 rings (SSSR count).